The fourth-order valence-electron chi connectivity index (χ4n) is 2.31. The van der Waals surface area contributed by atoms with Crippen molar-refractivity contribution in [2.24, 2.45) is 7.05 Å². The molecule has 1 heterocycles. The van der Waals surface area contributed by atoms with E-state index in [-0.39, 0.29) is 11.7 Å². The van der Waals surface area contributed by atoms with E-state index in [1.54, 1.807) is 12.1 Å². The van der Waals surface area contributed by atoms with Crippen LogP contribution in [0.3, 0.4) is 0 Å². The lowest BCUT2D eigenvalue weighted by molar-refractivity contribution is -0.113. The van der Waals surface area contributed by atoms with Gasteiger partial charge in [0.15, 0.2) is 5.16 Å². The van der Waals surface area contributed by atoms with Crippen molar-refractivity contribution in [2.75, 3.05) is 11.1 Å². The second-order valence-corrected chi connectivity index (χ2v) is 7.58. The third-order valence-electron chi connectivity index (χ3n) is 3.55. The molecule has 0 aliphatic carbocycles. The minimum Gasteiger partial charge on any atom is -0.324 e. The van der Waals surface area contributed by atoms with Crippen molar-refractivity contribution < 1.29 is 4.79 Å². The highest BCUT2D eigenvalue weighted by molar-refractivity contribution is 9.10. The standard InChI is InChI=1S/C18H15BrClN3OS/c1-23-16(12-5-3-2-4-6-12)10-21-18(23)25-11-17(24)22-15-8-7-13(19)9-14(15)20/h2-10H,11H2,1H3,(H,22,24). The molecule has 0 unspecified atom stereocenters. The van der Waals surface area contributed by atoms with Crippen LogP contribution in [-0.2, 0) is 11.8 Å². The Balaban J connectivity index is 1.64. The third kappa shape index (κ3) is 4.45. The molecule has 128 valence electrons. The van der Waals surface area contributed by atoms with Crippen LogP contribution in [0.2, 0.25) is 5.02 Å². The maximum atomic E-state index is 12.2. The van der Waals surface area contributed by atoms with Gasteiger partial charge in [-0.2, -0.15) is 0 Å². The minimum absolute atomic E-state index is 0.126. The lowest BCUT2D eigenvalue weighted by Gasteiger charge is -2.08. The van der Waals surface area contributed by atoms with E-state index in [4.69, 9.17) is 11.6 Å². The van der Waals surface area contributed by atoms with Crippen LogP contribution in [0.1, 0.15) is 0 Å². The maximum absolute atomic E-state index is 12.2. The zero-order chi connectivity index (χ0) is 17.8. The Morgan fingerprint density at radius 1 is 1.28 bits per heavy atom. The summed E-state index contributed by atoms with van der Waals surface area (Å²) in [6.07, 6.45) is 1.82. The Hall–Kier alpha value is -1.76. The monoisotopic (exact) mass is 435 g/mol. The number of amides is 1. The number of rotatable bonds is 5. The van der Waals surface area contributed by atoms with Gasteiger partial charge in [0.1, 0.15) is 0 Å². The summed E-state index contributed by atoms with van der Waals surface area (Å²) in [5, 5.41) is 4.10. The van der Waals surface area contributed by atoms with E-state index in [0.717, 1.165) is 20.9 Å². The lowest BCUT2D eigenvalue weighted by Crippen LogP contribution is -2.14. The van der Waals surface area contributed by atoms with Crippen LogP contribution in [0.25, 0.3) is 11.3 Å². The molecule has 1 aromatic heterocycles. The molecule has 1 N–H and O–H groups in total. The molecule has 0 fully saturated rings. The Bertz CT molecular complexity index is 899. The van der Waals surface area contributed by atoms with Gasteiger partial charge in [-0.1, -0.05) is 69.6 Å². The van der Waals surface area contributed by atoms with Crippen LogP contribution in [0, 0.1) is 0 Å². The Morgan fingerprint density at radius 3 is 2.76 bits per heavy atom. The average Bonchev–Trinajstić information content (AvgIpc) is 2.97. The quantitative estimate of drug-likeness (QED) is 0.557. The number of thioether (sulfide) groups is 1. The molecule has 0 radical (unpaired) electrons. The van der Waals surface area contributed by atoms with Crippen LogP contribution in [0.4, 0.5) is 5.69 Å². The van der Waals surface area contributed by atoms with E-state index >= 15 is 0 Å². The number of carbonyl (C=O) groups excluding carboxylic acids is 1. The van der Waals surface area contributed by atoms with Gasteiger partial charge in [-0.05, 0) is 23.8 Å². The molecule has 25 heavy (non-hydrogen) atoms. The molecule has 1 amide bonds. The van der Waals surface area contributed by atoms with Gasteiger partial charge in [0.2, 0.25) is 5.91 Å². The number of hydrogen-bond acceptors (Lipinski definition) is 3. The van der Waals surface area contributed by atoms with Gasteiger partial charge >= 0.3 is 0 Å². The van der Waals surface area contributed by atoms with Crippen molar-refractivity contribution >= 4 is 50.9 Å². The molecule has 2 aromatic carbocycles. The molecule has 0 aliphatic rings. The molecule has 3 aromatic rings. The van der Waals surface area contributed by atoms with E-state index in [0.29, 0.717) is 10.7 Å². The molecule has 0 aliphatic heterocycles. The number of aromatic nitrogens is 2. The van der Waals surface area contributed by atoms with Crippen molar-refractivity contribution in [1.29, 1.82) is 0 Å². The number of nitrogens with zero attached hydrogens (tertiary/aromatic N) is 2. The van der Waals surface area contributed by atoms with E-state index in [1.807, 2.05) is 54.2 Å². The molecule has 0 spiro atoms. The van der Waals surface area contributed by atoms with Gasteiger partial charge in [-0.3, -0.25) is 4.79 Å². The van der Waals surface area contributed by atoms with Crippen LogP contribution in [0.15, 0.2) is 64.4 Å². The highest BCUT2D eigenvalue weighted by Crippen LogP contribution is 2.27. The zero-order valence-corrected chi connectivity index (χ0v) is 16.5. The summed E-state index contributed by atoms with van der Waals surface area (Å²) < 4.78 is 2.85. The van der Waals surface area contributed by atoms with Gasteiger partial charge in [-0.25, -0.2) is 4.98 Å². The topological polar surface area (TPSA) is 46.9 Å². The Labute approximate surface area is 163 Å². The van der Waals surface area contributed by atoms with Gasteiger partial charge in [-0.15, -0.1) is 0 Å². The normalized spacial score (nSPS) is 10.7. The van der Waals surface area contributed by atoms with Gasteiger partial charge in [0.25, 0.3) is 0 Å². The smallest absolute Gasteiger partial charge is 0.234 e. The summed E-state index contributed by atoms with van der Waals surface area (Å²) in [6.45, 7) is 0. The lowest BCUT2D eigenvalue weighted by atomic mass is 10.2. The van der Waals surface area contributed by atoms with Gasteiger partial charge < -0.3 is 9.88 Å². The van der Waals surface area contributed by atoms with E-state index in [9.17, 15) is 4.79 Å². The summed E-state index contributed by atoms with van der Waals surface area (Å²) in [7, 11) is 1.95. The summed E-state index contributed by atoms with van der Waals surface area (Å²) in [6, 6.07) is 15.4. The Morgan fingerprint density at radius 2 is 2.04 bits per heavy atom. The molecular weight excluding hydrogens is 422 g/mol. The predicted octanol–water partition coefficient (Wildman–Crippen LogP) is 5.23. The molecule has 0 saturated heterocycles. The van der Waals surface area contributed by atoms with E-state index in [1.165, 1.54) is 11.8 Å². The molecule has 0 bridgehead atoms. The highest BCUT2D eigenvalue weighted by atomic mass is 79.9. The van der Waals surface area contributed by atoms with Crippen molar-refractivity contribution in [3.05, 3.63) is 64.2 Å². The van der Waals surface area contributed by atoms with Crippen molar-refractivity contribution in [1.82, 2.24) is 9.55 Å². The number of nitrogens with one attached hydrogen (secondary N) is 1. The summed E-state index contributed by atoms with van der Waals surface area (Å²) >= 11 is 10.8. The van der Waals surface area contributed by atoms with Crippen LogP contribution in [-0.4, -0.2) is 21.2 Å². The Kier molecular flexibility index (Phi) is 5.83. The molecular formula is C18H15BrClN3OS. The molecule has 0 saturated carbocycles. The van der Waals surface area contributed by atoms with Crippen molar-refractivity contribution in [3.8, 4) is 11.3 Å². The van der Waals surface area contributed by atoms with E-state index < -0.39 is 0 Å². The first-order chi connectivity index (χ1) is 12.0. The summed E-state index contributed by atoms with van der Waals surface area (Å²) in [5.74, 6) is 0.129. The van der Waals surface area contributed by atoms with Crippen LogP contribution >= 0.6 is 39.3 Å². The third-order valence-corrected chi connectivity index (χ3v) is 5.40. The van der Waals surface area contributed by atoms with Gasteiger partial charge in [0, 0.05) is 11.5 Å². The SMILES string of the molecule is Cn1c(-c2ccccc2)cnc1SCC(=O)Nc1ccc(Br)cc1Cl. The number of imidazole rings is 1. The van der Waals surface area contributed by atoms with Crippen molar-refractivity contribution in [2.45, 2.75) is 5.16 Å². The first-order valence-corrected chi connectivity index (χ1v) is 9.65. The first kappa shape index (κ1) is 18.0. The van der Waals surface area contributed by atoms with Crippen LogP contribution < -0.4 is 5.32 Å². The molecule has 4 nitrogen and oxygen atoms in total. The minimum atomic E-state index is -0.126. The van der Waals surface area contributed by atoms with Gasteiger partial charge in [0.05, 0.1) is 28.4 Å². The first-order valence-electron chi connectivity index (χ1n) is 7.49. The number of anilines is 1. The second-order valence-electron chi connectivity index (χ2n) is 5.31. The average molecular weight is 437 g/mol. The number of benzene rings is 2. The highest BCUT2D eigenvalue weighted by Gasteiger charge is 2.12. The largest absolute Gasteiger partial charge is 0.324 e. The molecule has 0 atom stereocenters. The molecule has 3 rings (SSSR count). The zero-order valence-electron chi connectivity index (χ0n) is 13.4. The summed E-state index contributed by atoms with van der Waals surface area (Å²) in [5.41, 5.74) is 2.70. The van der Waals surface area contributed by atoms with E-state index in [2.05, 4.69) is 26.2 Å². The van der Waals surface area contributed by atoms with Crippen molar-refractivity contribution in [3.63, 3.8) is 0 Å². The number of hydrogen-bond donors (Lipinski definition) is 1. The van der Waals surface area contributed by atoms with Crippen LogP contribution in [0.5, 0.6) is 0 Å². The fraction of sp³-hybridized carbons (Fsp3) is 0.111. The number of carbonyl (C=O) groups is 1. The number of halogens is 2. The molecule has 7 heteroatoms. The maximum Gasteiger partial charge on any atom is 0.234 e. The predicted molar refractivity (Wildman–Crippen MR) is 107 cm³/mol. The summed E-state index contributed by atoms with van der Waals surface area (Å²) in [4.78, 5) is 16.6. The second kappa shape index (κ2) is 8.08. The fourth-order valence-corrected chi connectivity index (χ4v) is 3.78.